The number of nitrogens with zero attached hydrogens (tertiary/aromatic N) is 1. The van der Waals surface area contributed by atoms with Crippen molar-refractivity contribution in [2.75, 3.05) is 20.6 Å². The summed E-state index contributed by atoms with van der Waals surface area (Å²) >= 11 is 0. The molecule has 13 heavy (non-hydrogen) atoms. The summed E-state index contributed by atoms with van der Waals surface area (Å²) in [5, 5.41) is 0. The molecular weight excluding hydrogens is 153 g/mol. The Bertz CT molecular complexity index is 209. The van der Waals surface area contributed by atoms with Crippen LogP contribution in [0.3, 0.4) is 0 Å². The summed E-state index contributed by atoms with van der Waals surface area (Å²) < 4.78 is 0. The van der Waals surface area contributed by atoms with Gasteiger partial charge in [-0.1, -0.05) is 0 Å². The SMILES string of the molecule is CN(C)CCCc1[c-]cccc1.[Li+]. The second-order valence-corrected chi connectivity index (χ2v) is 3.29. The predicted molar refractivity (Wildman–Crippen MR) is 52.2 cm³/mol. The van der Waals surface area contributed by atoms with Gasteiger partial charge in [0.05, 0.1) is 0 Å². The Morgan fingerprint density at radius 1 is 1.31 bits per heavy atom. The molecule has 0 aliphatic heterocycles. The predicted octanol–water partition coefficient (Wildman–Crippen LogP) is -1.02. The van der Waals surface area contributed by atoms with Crippen LogP contribution in [0.1, 0.15) is 12.0 Å². The van der Waals surface area contributed by atoms with Crippen LogP contribution in [0.2, 0.25) is 0 Å². The topological polar surface area (TPSA) is 3.24 Å². The fraction of sp³-hybridized carbons (Fsp3) is 0.455. The molecule has 0 aliphatic rings. The first kappa shape index (κ1) is 12.8. The normalized spacial score (nSPS) is 9.77. The van der Waals surface area contributed by atoms with Crippen molar-refractivity contribution in [3.63, 3.8) is 0 Å². The molecule has 0 spiro atoms. The van der Waals surface area contributed by atoms with Gasteiger partial charge in [-0.05, 0) is 33.5 Å². The summed E-state index contributed by atoms with van der Waals surface area (Å²) in [5.41, 5.74) is 1.32. The molecule has 0 unspecified atom stereocenters. The van der Waals surface area contributed by atoms with Crippen LogP contribution in [-0.2, 0) is 6.42 Å². The number of hydrogen-bond acceptors (Lipinski definition) is 1. The minimum Gasteiger partial charge on any atom is -0.309 e. The van der Waals surface area contributed by atoms with Crippen LogP contribution < -0.4 is 18.9 Å². The van der Waals surface area contributed by atoms with Crippen LogP contribution in [0, 0.1) is 6.07 Å². The Kier molecular flexibility index (Phi) is 7.08. The molecule has 0 saturated heterocycles. The number of rotatable bonds is 4. The minimum absolute atomic E-state index is 0. The second kappa shape index (κ2) is 7.21. The van der Waals surface area contributed by atoms with E-state index in [-0.39, 0.29) is 18.9 Å². The van der Waals surface area contributed by atoms with Gasteiger partial charge in [0, 0.05) is 0 Å². The fourth-order valence-corrected chi connectivity index (χ4v) is 1.17. The van der Waals surface area contributed by atoms with Gasteiger partial charge in [0.2, 0.25) is 0 Å². The molecule has 1 nitrogen and oxygen atoms in total. The summed E-state index contributed by atoms with van der Waals surface area (Å²) in [6.45, 7) is 1.16. The Hall–Kier alpha value is -0.223. The van der Waals surface area contributed by atoms with Crippen LogP contribution in [0.5, 0.6) is 0 Å². The molecule has 0 heterocycles. The van der Waals surface area contributed by atoms with Crippen LogP contribution in [0.4, 0.5) is 0 Å². The van der Waals surface area contributed by atoms with Crippen molar-refractivity contribution >= 4 is 0 Å². The van der Waals surface area contributed by atoms with Crippen molar-refractivity contribution in [1.29, 1.82) is 0 Å². The van der Waals surface area contributed by atoms with E-state index < -0.39 is 0 Å². The van der Waals surface area contributed by atoms with E-state index in [0.29, 0.717) is 0 Å². The van der Waals surface area contributed by atoms with Gasteiger partial charge >= 0.3 is 18.9 Å². The van der Waals surface area contributed by atoms with E-state index in [0.717, 1.165) is 13.0 Å². The summed E-state index contributed by atoms with van der Waals surface area (Å²) in [4.78, 5) is 2.21. The van der Waals surface area contributed by atoms with Crippen molar-refractivity contribution < 1.29 is 18.9 Å². The van der Waals surface area contributed by atoms with Crippen LogP contribution in [0.25, 0.3) is 0 Å². The summed E-state index contributed by atoms with van der Waals surface area (Å²) in [5.74, 6) is 0. The zero-order valence-electron chi connectivity index (χ0n) is 8.88. The number of benzene rings is 1. The summed E-state index contributed by atoms with van der Waals surface area (Å²) in [7, 11) is 4.21. The zero-order valence-corrected chi connectivity index (χ0v) is 8.88. The smallest absolute Gasteiger partial charge is 0.309 e. The van der Waals surface area contributed by atoms with Gasteiger partial charge in [0.25, 0.3) is 0 Å². The first-order chi connectivity index (χ1) is 5.79. The van der Waals surface area contributed by atoms with Gasteiger partial charge in [-0.2, -0.15) is 35.9 Å². The molecule has 0 N–H and O–H groups in total. The van der Waals surface area contributed by atoms with Crippen LogP contribution in [0.15, 0.2) is 24.3 Å². The Morgan fingerprint density at radius 2 is 2.08 bits per heavy atom. The molecule has 1 rings (SSSR count). The molecule has 0 amide bonds. The minimum atomic E-state index is 0. The summed E-state index contributed by atoms with van der Waals surface area (Å²) in [6, 6.07) is 11.4. The molecule has 0 radical (unpaired) electrons. The molecule has 0 aromatic heterocycles. The maximum atomic E-state index is 3.22. The first-order valence-electron chi connectivity index (χ1n) is 4.39. The average molecular weight is 169 g/mol. The maximum Gasteiger partial charge on any atom is 1.00 e. The van der Waals surface area contributed by atoms with Crippen molar-refractivity contribution in [3.8, 4) is 0 Å². The average Bonchev–Trinajstić information content (AvgIpc) is 2.05. The molecular formula is C11H16LiN. The van der Waals surface area contributed by atoms with Gasteiger partial charge in [-0.15, -0.1) is 0 Å². The molecule has 0 atom stereocenters. The third kappa shape index (κ3) is 5.93. The van der Waals surface area contributed by atoms with Crippen LogP contribution in [-0.4, -0.2) is 25.5 Å². The van der Waals surface area contributed by atoms with Crippen LogP contribution >= 0.6 is 0 Å². The second-order valence-electron chi connectivity index (χ2n) is 3.29. The van der Waals surface area contributed by atoms with Crippen molar-refractivity contribution in [1.82, 2.24) is 4.90 Å². The van der Waals surface area contributed by atoms with E-state index in [2.05, 4.69) is 37.2 Å². The van der Waals surface area contributed by atoms with Gasteiger partial charge in [-0.25, -0.2) is 0 Å². The largest absolute Gasteiger partial charge is 1.00 e. The van der Waals surface area contributed by atoms with Crippen molar-refractivity contribution in [3.05, 3.63) is 35.9 Å². The molecule has 2 heteroatoms. The Labute approximate surface area is 93.3 Å². The van der Waals surface area contributed by atoms with E-state index >= 15 is 0 Å². The standard InChI is InChI=1S/C11H16N.Li/c1-12(2)10-6-9-11-7-4-3-5-8-11;/h3-5,7H,6,9-10H2,1-2H3;/q-1;+1. The third-order valence-corrected chi connectivity index (χ3v) is 1.82. The summed E-state index contributed by atoms with van der Waals surface area (Å²) in [6.07, 6.45) is 2.35. The van der Waals surface area contributed by atoms with E-state index in [1.165, 1.54) is 12.0 Å². The quantitative estimate of drug-likeness (QED) is 0.412. The molecule has 0 bridgehead atoms. The van der Waals surface area contributed by atoms with E-state index in [1.54, 1.807) is 0 Å². The van der Waals surface area contributed by atoms with Gasteiger partial charge in [-0.3, -0.25) is 0 Å². The third-order valence-electron chi connectivity index (χ3n) is 1.82. The van der Waals surface area contributed by atoms with Gasteiger partial charge in [0.15, 0.2) is 0 Å². The number of hydrogen-bond donors (Lipinski definition) is 0. The molecule has 0 aliphatic carbocycles. The van der Waals surface area contributed by atoms with Gasteiger partial charge in [0.1, 0.15) is 0 Å². The van der Waals surface area contributed by atoms with E-state index in [4.69, 9.17) is 0 Å². The fourth-order valence-electron chi connectivity index (χ4n) is 1.17. The molecule has 1 aromatic rings. The molecule has 66 valence electrons. The maximum absolute atomic E-state index is 3.22. The zero-order chi connectivity index (χ0) is 8.81. The molecule has 0 fully saturated rings. The first-order valence-corrected chi connectivity index (χ1v) is 4.39. The molecule has 1 aromatic carbocycles. The Balaban J connectivity index is 0.00000144. The number of aryl methyl sites for hydroxylation is 1. The van der Waals surface area contributed by atoms with E-state index in [9.17, 15) is 0 Å². The van der Waals surface area contributed by atoms with Crippen molar-refractivity contribution in [2.24, 2.45) is 0 Å². The van der Waals surface area contributed by atoms with Gasteiger partial charge < -0.3 is 4.90 Å². The Morgan fingerprint density at radius 3 is 2.62 bits per heavy atom. The monoisotopic (exact) mass is 169 g/mol. The van der Waals surface area contributed by atoms with Crippen molar-refractivity contribution in [2.45, 2.75) is 12.8 Å². The molecule has 0 saturated carbocycles. The van der Waals surface area contributed by atoms with E-state index in [1.807, 2.05) is 12.1 Å².